The van der Waals surface area contributed by atoms with Crippen molar-refractivity contribution in [2.75, 3.05) is 0 Å². The van der Waals surface area contributed by atoms with E-state index in [1.54, 1.807) is 31.5 Å². The molecule has 2 aromatic rings. The number of pyridine rings is 1. The lowest BCUT2D eigenvalue weighted by molar-refractivity contribution is -0.133. The third-order valence-corrected chi connectivity index (χ3v) is 4.51. The molecule has 0 N–H and O–H groups in total. The molecule has 1 aliphatic rings. The highest BCUT2D eigenvalue weighted by Gasteiger charge is 2.43. The average molecular weight is 343 g/mol. The zero-order chi connectivity index (χ0) is 18.5. The first-order valence-corrected chi connectivity index (χ1v) is 8.25. The summed E-state index contributed by atoms with van der Waals surface area (Å²) >= 11 is 0. The van der Waals surface area contributed by atoms with Gasteiger partial charge in [-0.3, -0.25) is 9.78 Å². The van der Waals surface area contributed by atoms with Crippen molar-refractivity contribution >= 4 is 11.6 Å². The Morgan fingerprint density at radius 1 is 1.12 bits per heavy atom. The number of hydrogen-bond donors (Lipinski definition) is 0. The molecule has 2 heterocycles. The van der Waals surface area contributed by atoms with E-state index in [2.05, 4.69) is 10.1 Å². The van der Waals surface area contributed by atoms with Crippen molar-refractivity contribution in [2.24, 2.45) is 16.9 Å². The highest BCUT2D eigenvalue weighted by atomic mass is 16.2. The maximum absolute atomic E-state index is 13.0. The van der Waals surface area contributed by atoms with E-state index >= 15 is 0 Å². The van der Waals surface area contributed by atoms with Crippen LogP contribution < -0.4 is 0 Å². The Hall–Kier alpha value is -3.51. The molecule has 1 aliphatic heterocycles. The van der Waals surface area contributed by atoms with E-state index in [1.807, 2.05) is 42.5 Å². The standard InChI is InChI=1S/C20H17N5O/c1-14-18(19(17(11-21)12-22)16-7-9-23-10-8-16)20(26)25(24-14)13-15-5-3-2-4-6-15/h2-10,17-19H,13H2,1H3/t18-,19-/m1/s1. The van der Waals surface area contributed by atoms with E-state index < -0.39 is 17.8 Å². The van der Waals surface area contributed by atoms with Gasteiger partial charge in [0.2, 0.25) is 0 Å². The molecule has 0 spiro atoms. The molecule has 0 fully saturated rings. The van der Waals surface area contributed by atoms with Crippen molar-refractivity contribution in [3.05, 3.63) is 66.0 Å². The number of nitriles is 2. The van der Waals surface area contributed by atoms with Gasteiger partial charge in [0.05, 0.1) is 24.6 Å². The van der Waals surface area contributed by atoms with Gasteiger partial charge in [-0.1, -0.05) is 30.3 Å². The third kappa shape index (κ3) is 3.31. The number of benzene rings is 1. The Labute approximate surface area is 152 Å². The van der Waals surface area contributed by atoms with Crippen LogP contribution in [-0.4, -0.2) is 21.6 Å². The zero-order valence-corrected chi connectivity index (χ0v) is 14.3. The molecule has 6 nitrogen and oxygen atoms in total. The molecule has 1 aromatic carbocycles. The minimum atomic E-state index is -0.951. The Morgan fingerprint density at radius 3 is 2.38 bits per heavy atom. The summed E-state index contributed by atoms with van der Waals surface area (Å²) in [4.78, 5) is 17.0. The Balaban J connectivity index is 1.93. The molecule has 1 aromatic heterocycles. The van der Waals surface area contributed by atoms with Crippen molar-refractivity contribution in [2.45, 2.75) is 19.4 Å². The van der Waals surface area contributed by atoms with Crippen molar-refractivity contribution in [3.63, 3.8) is 0 Å². The van der Waals surface area contributed by atoms with Crippen LogP contribution >= 0.6 is 0 Å². The Bertz CT molecular complexity index is 881. The lowest BCUT2D eigenvalue weighted by Crippen LogP contribution is -2.34. The SMILES string of the molecule is CC1=NN(Cc2ccccc2)C(=O)[C@H]1[C@H](c1ccncc1)C(C#N)C#N. The number of carbonyl (C=O) groups excluding carboxylic acids is 1. The molecule has 3 rings (SSSR count). The van der Waals surface area contributed by atoms with Gasteiger partial charge in [0, 0.05) is 24.0 Å². The van der Waals surface area contributed by atoms with Crippen molar-refractivity contribution < 1.29 is 4.79 Å². The smallest absolute Gasteiger partial charge is 0.252 e. The molecule has 2 atom stereocenters. The first kappa shape index (κ1) is 17.3. The zero-order valence-electron chi connectivity index (χ0n) is 14.3. The second kappa shape index (κ2) is 7.58. The number of hydrazone groups is 1. The van der Waals surface area contributed by atoms with Crippen molar-refractivity contribution in [1.29, 1.82) is 10.5 Å². The monoisotopic (exact) mass is 343 g/mol. The van der Waals surface area contributed by atoms with Gasteiger partial charge in [0.25, 0.3) is 5.91 Å². The van der Waals surface area contributed by atoms with Crippen LogP contribution in [0.25, 0.3) is 0 Å². The van der Waals surface area contributed by atoms with Crippen LogP contribution in [0.3, 0.4) is 0 Å². The maximum atomic E-state index is 13.0. The van der Waals surface area contributed by atoms with Gasteiger partial charge in [-0.2, -0.15) is 15.6 Å². The van der Waals surface area contributed by atoms with Crippen LogP contribution in [0.5, 0.6) is 0 Å². The molecule has 0 radical (unpaired) electrons. The summed E-state index contributed by atoms with van der Waals surface area (Å²) in [6.07, 6.45) is 3.20. The molecule has 0 aliphatic carbocycles. The predicted molar refractivity (Wildman–Crippen MR) is 95.3 cm³/mol. The van der Waals surface area contributed by atoms with Gasteiger partial charge in [0.15, 0.2) is 0 Å². The summed E-state index contributed by atoms with van der Waals surface area (Å²) < 4.78 is 0. The van der Waals surface area contributed by atoms with Gasteiger partial charge < -0.3 is 0 Å². The van der Waals surface area contributed by atoms with Crippen LogP contribution in [0.1, 0.15) is 24.0 Å². The second-order valence-corrected chi connectivity index (χ2v) is 6.14. The molecular formula is C20H17N5O. The molecule has 0 saturated carbocycles. The fourth-order valence-corrected chi connectivity index (χ4v) is 3.28. The van der Waals surface area contributed by atoms with E-state index in [1.165, 1.54) is 5.01 Å². The van der Waals surface area contributed by atoms with Gasteiger partial charge in [-0.05, 0) is 30.2 Å². The second-order valence-electron chi connectivity index (χ2n) is 6.14. The molecule has 0 unspecified atom stereocenters. The molecule has 26 heavy (non-hydrogen) atoms. The van der Waals surface area contributed by atoms with Crippen LogP contribution in [0.15, 0.2) is 60.0 Å². The van der Waals surface area contributed by atoms with Crippen LogP contribution in [0.2, 0.25) is 0 Å². The van der Waals surface area contributed by atoms with Crippen LogP contribution in [0.4, 0.5) is 0 Å². The van der Waals surface area contributed by atoms with Gasteiger partial charge in [-0.15, -0.1) is 0 Å². The summed E-state index contributed by atoms with van der Waals surface area (Å²) in [6.45, 7) is 2.13. The molecule has 6 heteroatoms. The summed E-state index contributed by atoms with van der Waals surface area (Å²) in [6, 6.07) is 17.1. The molecular weight excluding hydrogens is 326 g/mol. The maximum Gasteiger partial charge on any atom is 0.252 e. The summed E-state index contributed by atoms with van der Waals surface area (Å²) in [5.74, 6) is -2.35. The van der Waals surface area contributed by atoms with E-state index in [0.717, 1.165) is 11.1 Å². The highest BCUT2D eigenvalue weighted by Crippen LogP contribution is 2.37. The normalized spacial score (nSPS) is 17.5. The average Bonchev–Trinajstić information content (AvgIpc) is 2.94. The summed E-state index contributed by atoms with van der Waals surface area (Å²) in [7, 11) is 0. The lowest BCUT2D eigenvalue weighted by atomic mass is 9.76. The van der Waals surface area contributed by atoms with Gasteiger partial charge in [-0.25, -0.2) is 5.01 Å². The van der Waals surface area contributed by atoms with Crippen molar-refractivity contribution in [3.8, 4) is 12.1 Å². The highest BCUT2D eigenvalue weighted by molar-refractivity contribution is 6.07. The van der Waals surface area contributed by atoms with Gasteiger partial charge in [0.1, 0.15) is 5.92 Å². The largest absolute Gasteiger partial charge is 0.272 e. The predicted octanol–water partition coefficient (Wildman–Crippen LogP) is 2.86. The topological polar surface area (TPSA) is 93.1 Å². The molecule has 0 bridgehead atoms. The Morgan fingerprint density at radius 2 is 1.77 bits per heavy atom. The minimum absolute atomic E-state index is 0.191. The molecule has 128 valence electrons. The van der Waals surface area contributed by atoms with Gasteiger partial charge >= 0.3 is 0 Å². The molecule has 1 amide bonds. The summed E-state index contributed by atoms with van der Waals surface area (Å²) in [5, 5.41) is 24.7. The van der Waals surface area contributed by atoms with Crippen LogP contribution in [-0.2, 0) is 11.3 Å². The van der Waals surface area contributed by atoms with E-state index in [4.69, 9.17) is 0 Å². The first-order chi connectivity index (χ1) is 12.7. The quantitative estimate of drug-likeness (QED) is 0.834. The number of hydrogen-bond acceptors (Lipinski definition) is 5. The fraction of sp³-hybridized carbons (Fsp3) is 0.250. The number of rotatable bonds is 5. The first-order valence-electron chi connectivity index (χ1n) is 8.25. The molecule has 0 saturated heterocycles. The number of amides is 1. The minimum Gasteiger partial charge on any atom is -0.272 e. The summed E-state index contributed by atoms with van der Waals surface area (Å²) in [5.41, 5.74) is 2.32. The number of nitrogens with zero attached hydrogens (tertiary/aromatic N) is 5. The van der Waals surface area contributed by atoms with E-state index in [0.29, 0.717) is 12.3 Å². The van der Waals surface area contributed by atoms with E-state index in [-0.39, 0.29) is 5.91 Å². The number of aromatic nitrogens is 1. The lowest BCUT2D eigenvalue weighted by Gasteiger charge is -2.24. The van der Waals surface area contributed by atoms with Crippen molar-refractivity contribution in [1.82, 2.24) is 9.99 Å². The fourth-order valence-electron chi connectivity index (χ4n) is 3.28. The third-order valence-electron chi connectivity index (χ3n) is 4.51. The van der Waals surface area contributed by atoms with E-state index in [9.17, 15) is 15.3 Å². The van der Waals surface area contributed by atoms with Crippen LogP contribution in [0, 0.1) is 34.5 Å². The number of carbonyl (C=O) groups is 1. The Kier molecular flexibility index (Phi) is 5.05.